The van der Waals surface area contributed by atoms with E-state index in [4.69, 9.17) is 11.6 Å². The van der Waals surface area contributed by atoms with Crippen LogP contribution in [0.1, 0.15) is 29.3 Å². The van der Waals surface area contributed by atoms with Gasteiger partial charge >= 0.3 is 0 Å². The average molecular weight is 388 g/mol. The number of nitro groups is 1. The van der Waals surface area contributed by atoms with Crippen LogP contribution < -0.4 is 10.6 Å². The summed E-state index contributed by atoms with van der Waals surface area (Å²) in [6.07, 6.45) is 3.54. The van der Waals surface area contributed by atoms with Gasteiger partial charge in [0.05, 0.1) is 15.5 Å². The molecule has 27 heavy (non-hydrogen) atoms. The zero-order chi connectivity index (χ0) is 19.8. The Hall–Kier alpha value is -3.19. The van der Waals surface area contributed by atoms with Gasteiger partial charge in [0.1, 0.15) is 0 Å². The Morgan fingerprint density at radius 3 is 2.67 bits per heavy atom. The van der Waals surface area contributed by atoms with Crippen LogP contribution in [0.5, 0.6) is 0 Å². The number of carbonyl (C=O) groups is 2. The molecule has 0 fully saturated rings. The zero-order valence-corrected chi connectivity index (χ0v) is 15.3. The lowest BCUT2D eigenvalue weighted by Crippen LogP contribution is -2.24. The molecule has 0 atom stereocenters. The van der Waals surface area contributed by atoms with Gasteiger partial charge < -0.3 is 10.6 Å². The van der Waals surface area contributed by atoms with Crippen molar-refractivity contribution in [2.75, 3.05) is 11.9 Å². The summed E-state index contributed by atoms with van der Waals surface area (Å²) in [4.78, 5) is 34.2. The largest absolute Gasteiger partial charge is 0.352 e. The standard InChI is InChI=1S/C19H18ClN3O4/c1-2-10-21-19(25)16-8-7-14(12-17(16)20)22-18(24)9-6-13-4-3-5-15(11-13)23(26)27/h3-9,11-12H,2,10H2,1H3,(H,21,25)(H,22,24)/b9-6+. The number of nitrogens with zero attached hydrogens (tertiary/aromatic N) is 1. The molecule has 140 valence electrons. The number of anilines is 1. The summed E-state index contributed by atoms with van der Waals surface area (Å²) >= 11 is 6.11. The van der Waals surface area contributed by atoms with Crippen LogP contribution in [0.25, 0.3) is 6.08 Å². The Kier molecular flexibility index (Phi) is 7.08. The normalized spacial score (nSPS) is 10.6. The number of hydrogen-bond donors (Lipinski definition) is 2. The highest BCUT2D eigenvalue weighted by Gasteiger charge is 2.11. The molecule has 0 radical (unpaired) electrons. The molecule has 0 bridgehead atoms. The van der Waals surface area contributed by atoms with Crippen molar-refractivity contribution in [3.05, 3.63) is 74.8 Å². The predicted octanol–water partition coefficient (Wildman–Crippen LogP) is 4.04. The molecule has 0 unspecified atom stereocenters. The summed E-state index contributed by atoms with van der Waals surface area (Å²) < 4.78 is 0. The summed E-state index contributed by atoms with van der Waals surface area (Å²) in [6, 6.07) is 10.5. The van der Waals surface area contributed by atoms with E-state index in [2.05, 4.69) is 10.6 Å². The van der Waals surface area contributed by atoms with Crippen molar-refractivity contribution in [1.29, 1.82) is 0 Å². The number of amides is 2. The van der Waals surface area contributed by atoms with Crippen molar-refractivity contribution < 1.29 is 14.5 Å². The van der Waals surface area contributed by atoms with E-state index in [9.17, 15) is 19.7 Å². The molecule has 0 aliphatic rings. The van der Waals surface area contributed by atoms with E-state index < -0.39 is 10.8 Å². The van der Waals surface area contributed by atoms with E-state index in [1.54, 1.807) is 12.1 Å². The minimum Gasteiger partial charge on any atom is -0.352 e. The van der Waals surface area contributed by atoms with E-state index in [-0.39, 0.29) is 16.6 Å². The van der Waals surface area contributed by atoms with Gasteiger partial charge in [-0.3, -0.25) is 19.7 Å². The van der Waals surface area contributed by atoms with Gasteiger partial charge in [0, 0.05) is 30.4 Å². The maximum Gasteiger partial charge on any atom is 0.270 e. The summed E-state index contributed by atoms with van der Waals surface area (Å²) in [5.41, 5.74) is 1.23. The minimum absolute atomic E-state index is 0.0544. The molecule has 2 amide bonds. The van der Waals surface area contributed by atoms with E-state index in [1.807, 2.05) is 6.92 Å². The second-order valence-electron chi connectivity index (χ2n) is 5.63. The predicted molar refractivity (Wildman–Crippen MR) is 105 cm³/mol. The van der Waals surface area contributed by atoms with Gasteiger partial charge in [-0.2, -0.15) is 0 Å². The third-order valence-corrected chi connectivity index (χ3v) is 3.84. The topological polar surface area (TPSA) is 101 Å². The summed E-state index contributed by atoms with van der Waals surface area (Å²) in [6.45, 7) is 2.50. The van der Waals surface area contributed by atoms with Crippen molar-refractivity contribution in [3.8, 4) is 0 Å². The third-order valence-electron chi connectivity index (χ3n) is 3.52. The fourth-order valence-electron chi connectivity index (χ4n) is 2.21. The van der Waals surface area contributed by atoms with Gasteiger partial charge in [-0.1, -0.05) is 30.7 Å². The van der Waals surface area contributed by atoms with E-state index in [0.717, 1.165) is 6.42 Å². The van der Waals surface area contributed by atoms with Gasteiger partial charge in [0.25, 0.3) is 11.6 Å². The van der Waals surface area contributed by atoms with Crippen LogP contribution in [0.3, 0.4) is 0 Å². The average Bonchev–Trinajstić information content (AvgIpc) is 2.64. The SMILES string of the molecule is CCCNC(=O)c1ccc(NC(=O)/C=C/c2cccc([N+](=O)[O-])c2)cc1Cl. The summed E-state index contributed by atoms with van der Waals surface area (Å²) in [7, 11) is 0. The maximum absolute atomic E-state index is 12.0. The van der Waals surface area contributed by atoms with Gasteiger partial charge in [-0.05, 0) is 36.3 Å². The molecule has 2 N–H and O–H groups in total. The highest BCUT2D eigenvalue weighted by molar-refractivity contribution is 6.34. The van der Waals surface area contributed by atoms with Crippen molar-refractivity contribution >= 4 is 40.9 Å². The van der Waals surface area contributed by atoms with Gasteiger partial charge in [-0.15, -0.1) is 0 Å². The number of halogens is 1. The number of carbonyl (C=O) groups excluding carboxylic acids is 2. The Morgan fingerprint density at radius 2 is 2.00 bits per heavy atom. The summed E-state index contributed by atoms with van der Waals surface area (Å²) in [5, 5.41) is 16.3. The number of benzene rings is 2. The van der Waals surface area contributed by atoms with Gasteiger partial charge in [-0.25, -0.2) is 0 Å². The van der Waals surface area contributed by atoms with Crippen molar-refractivity contribution in [1.82, 2.24) is 5.32 Å². The number of rotatable bonds is 7. The lowest BCUT2D eigenvalue weighted by molar-refractivity contribution is -0.384. The van der Waals surface area contributed by atoms with Crippen LogP contribution in [-0.2, 0) is 4.79 Å². The molecular weight excluding hydrogens is 370 g/mol. The first-order chi connectivity index (χ1) is 12.9. The number of hydrogen-bond acceptors (Lipinski definition) is 4. The molecule has 0 aliphatic carbocycles. The molecule has 2 rings (SSSR count). The molecule has 0 saturated carbocycles. The van der Waals surface area contributed by atoms with E-state index >= 15 is 0 Å². The van der Waals surface area contributed by atoms with Crippen molar-refractivity contribution in [3.63, 3.8) is 0 Å². The smallest absolute Gasteiger partial charge is 0.270 e. The molecule has 0 aliphatic heterocycles. The van der Waals surface area contributed by atoms with E-state index in [1.165, 1.54) is 42.5 Å². The quantitative estimate of drug-likeness (QED) is 0.425. The fraction of sp³-hybridized carbons (Fsp3) is 0.158. The molecule has 0 heterocycles. The Morgan fingerprint density at radius 1 is 1.22 bits per heavy atom. The second kappa shape index (κ2) is 9.49. The molecular formula is C19H18ClN3O4. The number of nitro benzene ring substituents is 1. The highest BCUT2D eigenvalue weighted by atomic mass is 35.5. The Balaban J connectivity index is 2.03. The van der Waals surface area contributed by atoms with Crippen molar-refractivity contribution in [2.24, 2.45) is 0 Å². The first-order valence-electron chi connectivity index (χ1n) is 8.22. The molecule has 8 heteroatoms. The summed E-state index contributed by atoms with van der Waals surface area (Å²) in [5.74, 6) is -0.703. The van der Waals surface area contributed by atoms with Crippen molar-refractivity contribution in [2.45, 2.75) is 13.3 Å². The lowest BCUT2D eigenvalue weighted by atomic mass is 10.1. The van der Waals surface area contributed by atoms with Gasteiger partial charge in [0.2, 0.25) is 5.91 Å². The van der Waals surface area contributed by atoms with Crippen LogP contribution in [0.15, 0.2) is 48.5 Å². The first-order valence-corrected chi connectivity index (χ1v) is 8.59. The van der Waals surface area contributed by atoms with Crippen LogP contribution in [0, 0.1) is 10.1 Å². The Labute approximate surface area is 161 Å². The fourth-order valence-corrected chi connectivity index (χ4v) is 2.47. The lowest BCUT2D eigenvalue weighted by Gasteiger charge is -2.08. The molecule has 0 spiro atoms. The zero-order valence-electron chi connectivity index (χ0n) is 14.6. The first kappa shape index (κ1) is 20.1. The molecule has 2 aromatic carbocycles. The monoisotopic (exact) mass is 387 g/mol. The van der Waals surface area contributed by atoms with Crippen LogP contribution in [-0.4, -0.2) is 23.3 Å². The van der Waals surface area contributed by atoms with E-state index in [0.29, 0.717) is 23.4 Å². The molecule has 7 nitrogen and oxygen atoms in total. The number of non-ortho nitro benzene ring substituents is 1. The molecule has 0 saturated heterocycles. The highest BCUT2D eigenvalue weighted by Crippen LogP contribution is 2.21. The second-order valence-corrected chi connectivity index (χ2v) is 6.03. The molecule has 2 aromatic rings. The number of nitrogens with one attached hydrogen (secondary N) is 2. The van der Waals surface area contributed by atoms with Crippen LogP contribution >= 0.6 is 11.6 Å². The Bertz CT molecular complexity index is 896. The van der Waals surface area contributed by atoms with Gasteiger partial charge in [0.15, 0.2) is 0 Å². The van der Waals surface area contributed by atoms with Crippen LogP contribution in [0.2, 0.25) is 5.02 Å². The molecule has 0 aromatic heterocycles. The van der Waals surface area contributed by atoms with Crippen LogP contribution in [0.4, 0.5) is 11.4 Å². The third kappa shape index (κ3) is 5.93. The minimum atomic E-state index is -0.502. The maximum atomic E-state index is 12.0.